The molecule has 2 fully saturated rings. The van der Waals surface area contributed by atoms with E-state index in [4.69, 9.17) is 24.1 Å². The number of hydrogen-bond donors (Lipinski definition) is 7. The summed E-state index contributed by atoms with van der Waals surface area (Å²) in [4.78, 5) is 10.9. The van der Waals surface area contributed by atoms with Gasteiger partial charge < -0.3 is 54.7 Å². The van der Waals surface area contributed by atoms with E-state index in [9.17, 15) is 35.4 Å². The Morgan fingerprint density at radius 1 is 0.966 bits per heavy atom. The van der Waals surface area contributed by atoms with Crippen molar-refractivity contribution in [2.45, 2.75) is 73.6 Å². The molecule has 0 bridgehead atoms. The van der Waals surface area contributed by atoms with Crippen LogP contribution in [0.1, 0.15) is 6.92 Å². The van der Waals surface area contributed by atoms with E-state index in [1.54, 1.807) is 0 Å². The van der Waals surface area contributed by atoms with Gasteiger partial charge >= 0.3 is 5.97 Å². The van der Waals surface area contributed by atoms with Crippen LogP contribution in [0.3, 0.4) is 0 Å². The normalized spacial score (nSPS) is 44.4. The second-order valence-corrected chi connectivity index (χ2v) is 8.25. The Labute approximate surface area is 171 Å². The number of carboxylic acid groups (broad SMARTS) is 1. The predicted molar refractivity (Wildman–Crippen MR) is 95.9 cm³/mol. The molecule has 12 nitrogen and oxygen atoms in total. The number of aliphatic hydroxyl groups is 6. The van der Waals surface area contributed by atoms with Crippen molar-refractivity contribution in [1.29, 1.82) is 0 Å². The van der Waals surface area contributed by atoms with Gasteiger partial charge in [0.2, 0.25) is 0 Å². The molecule has 0 spiro atoms. The minimum Gasteiger partial charge on any atom is -0.480 e. The molecule has 1 unspecified atom stereocenters. The highest BCUT2D eigenvalue weighted by atomic mass is 32.2. The van der Waals surface area contributed by atoms with Crippen molar-refractivity contribution >= 4 is 17.7 Å². The maximum Gasteiger partial charge on any atom is 0.316 e. The first kappa shape index (κ1) is 24.7. The molecule has 29 heavy (non-hydrogen) atoms. The smallest absolute Gasteiger partial charge is 0.316 e. The third-order valence-corrected chi connectivity index (χ3v) is 6.09. The summed E-state index contributed by atoms with van der Waals surface area (Å²) >= 11 is 0.952. The molecule has 0 aromatic heterocycles. The lowest BCUT2D eigenvalue weighted by molar-refractivity contribution is -0.353. The van der Waals surface area contributed by atoms with Crippen LogP contribution >= 0.6 is 11.8 Å². The molecule has 2 heterocycles. The molecule has 2 rings (SSSR count). The zero-order chi connectivity index (χ0) is 21.9. The average Bonchev–Trinajstić information content (AvgIpc) is 2.70. The summed E-state index contributed by atoms with van der Waals surface area (Å²) in [6.07, 6.45) is -14.3. The summed E-state index contributed by atoms with van der Waals surface area (Å²) in [5, 5.41) is 68.5. The molecule has 11 atom stereocenters. The summed E-state index contributed by atoms with van der Waals surface area (Å²) < 4.78 is 21.2. The molecule has 2 aliphatic rings. The summed E-state index contributed by atoms with van der Waals surface area (Å²) in [5.41, 5.74) is 0. The van der Waals surface area contributed by atoms with Crippen LogP contribution in [0.25, 0.3) is 0 Å². The van der Waals surface area contributed by atoms with E-state index in [2.05, 4.69) is 0 Å². The van der Waals surface area contributed by atoms with Gasteiger partial charge in [-0.05, 0) is 6.92 Å². The van der Waals surface area contributed by atoms with Gasteiger partial charge in [-0.1, -0.05) is 0 Å². The highest BCUT2D eigenvalue weighted by Gasteiger charge is 2.50. The highest BCUT2D eigenvalue weighted by molar-refractivity contribution is 8.00. The Kier molecular flexibility index (Phi) is 9.05. The minimum absolute atomic E-state index is 0.0280. The first-order chi connectivity index (χ1) is 13.6. The van der Waals surface area contributed by atoms with Crippen LogP contribution in [-0.4, -0.2) is 128 Å². The first-order valence-electron chi connectivity index (χ1n) is 8.97. The third-order valence-electron chi connectivity index (χ3n) is 4.87. The van der Waals surface area contributed by atoms with Crippen molar-refractivity contribution in [3.8, 4) is 0 Å². The Morgan fingerprint density at radius 2 is 1.55 bits per heavy atom. The van der Waals surface area contributed by atoms with Crippen LogP contribution in [0.15, 0.2) is 0 Å². The summed E-state index contributed by atoms with van der Waals surface area (Å²) in [5.74, 6) is -1.09. The van der Waals surface area contributed by atoms with Crippen LogP contribution in [0, 0.1) is 0 Å². The molecule has 0 aliphatic carbocycles. The summed E-state index contributed by atoms with van der Waals surface area (Å²) in [7, 11) is 1.24. The summed E-state index contributed by atoms with van der Waals surface area (Å²) in [6.45, 7) is 0.828. The number of aliphatic hydroxyl groups excluding tert-OH is 6. The van der Waals surface area contributed by atoms with Gasteiger partial charge in [0.15, 0.2) is 12.6 Å². The average molecular weight is 444 g/mol. The minimum atomic E-state index is -1.72. The monoisotopic (exact) mass is 444 g/mol. The lowest BCUT2D eigenvalue weighted by Crippen LogP contribution is -2.64. The topological polar surface area (TPSA) is 196 Å². The Morgan fingerprint density at radius 3 is 2.10 bits per heavy atom. The van der Waals surface area contributed by atoms with Gasteiger partial charge in [0.05, 0.1) is 18.0 Å². The van der Waals surface area contributed by atoms with E-state index in [1.807, 2.05) is 0 Å². The SMILES string of the molecule is CO[C@@H]1O[C@H](CO)[C@@H](O[C@@H]2O[C@H](CSC(C)C(=O)O)[C@H](O)[C@H](O)[C@H]2O)[C@H](O)[C@H]1O. The Bertz CT molecular complexity index is 536. The molecule has 0 amide bonds. The Balaban J connectivity index is 2.09. The van der Waals surface area contributed by atoms with E-state index in [0.29, 0.717) is 0 Å². The number of thioether (sulfide) groups is 1. The van der Waals surface area contributed by atoms with Crippen LogP contribution in [-0.2, 0) is 23.7 Å². The largest absolute Gasteiger partial charge is 0.480 e. The molecule has 0 aromatic rings. The van der Waals surface area contributed by atoms with Crippen LogP contribution in [0.4, 0.5) is 0 Å². The van der Waals surface area contributed by atoms with E-state index >= 15 is 0 Å². The Hall–Kier alpha value is -0.580. The molecule has 0 radical (unpaired) electrons. The van der Waals surface area contributed by atoms with Crippen molar-refractivity contribution in [1.82, 2.24) is 0 Å². The number of aliphatic carboxylic acids is 1. The van der Waals surface area contributed by atoms with Gasteiger partial charge in [-0.15, -0.1) is 11.8 Å². The van der Waals surface area contributed by atoms with Gasteiger partial charge in [0, 0.05) is 12.9 Å². The quantitative estimate of drug-likeness (QED) is 0.195. The molecular formula is C16H28O12S. The van der Waals surface area contributed by atoms with Crippen molar-refractivity contribution in [3.05, 3.63) is 0 Å². The number of carboxylic acids is 1. The fourth-order valence-corrected chi connectivity index (χ4v) is 3.94. The lowest BCUT2D eigenvalue weighted by Gasteiger charge is -2.46. The number of rotatable bonds is 8. The molecule has 13 heteroatoms. The van der Waals surface area contributed by atoms with Gasteiger partial charge in [0.1, 0.15) is 42.7 Å². The molecule has 2 saturated heterocycles. The zero-order valence-corrected chi connectivity index (χ0v) is 16.7. The second-order valence-electron chi connectivity index (χ2n) is 6.87. The molecular weight excluding hydrogens is 416 g/mol. The van der Waals surface area contributed by atoms with E-state index in [-0.39, 0.29) is 5.75 Å². The van der Waals surface area contributed by atoms with Crippen molar-refractivity contribution in [2.24, 2.45) is 0 Å². The van der Waals surface area contributed by atoms with E-state index < -0.39 is 79.2 Å². The molecule has 7 N–H and O–H groups in total. The molecule has 2 aliphatic heterocycles. The van der Waals surface area contributed by atoms with Gasteiger partial charge in [-0.3, -0.25) is 4.79 Å². The molecule has 0 saturated carbocycles. The first-order valence-corrected chi connectivity index (χ1v) is 10.0. The van der Waals surface area contributed by atoms with E-state index in [1.165, 1.54) is 14.0 Å². The number of methoxy groups -OCH3 is 1. The van der Waals surface area contributed by atoms with Gasteiger partial charge in [0.25, 0.3) is 0 Å². The molecule has 170 valence electrons. The highest BCUT2D eigenvalue weighted by Crippen LogP contribution is 2.30. The van der Waals surface area contributed by atoms with Gasteiger partial charge in [-0.25, -0.2) is 0 Å². The predicted octanol–water partition coefficient (Wildman–Crippen LogP) is -3.53. The van der Waals surface area contributed by atoms with Crippen LogP contribution in [0.5, 0.6) is 0 Å². The third kappa shape index (κ3) is 5.57. The lowest BCUT2D eigenvalue weighted by atomic mass is 9.97. The van der Waals surface area contributed by atoms with Crippen LogP contribution < -0.4 is 0 Å². The van der Waals surface area contributed by atoms with Crippen molar-refractivity contribution in [2.75, 3.05) is 19.5 Å². The van der Waals surface area contributed by atoms with Crippen LogP contribution in [0.2, 0.25) is 0 Å². The second kappa shape index (κ2) is 10.6. The summed E-state index contributed by atoms with van der Waals surface area (Å²) in [6, 6.07) is 0. The maximum absolute atomic E-state index is 10.9. The van der Waals surface area contributed by atoms with Crippen molar-refractivity contribution in [3.63, 3.8) is 0 Å². The number of ether oxygens (including phenoxy) is 4. The van der Waals surface area contributed by atoms with Crippen molar-refractivity contribution < 1.29 is 59.5 Å². The fourth-order valence-electron chi connectivity index (χ4n) is 3.05. The number of hydrogen-bond acceptors (Lipinski definition) is 12. The fraction of sp³-hybridized carbons (Fsp3) is 0.938. The number of carbonyl (C=O) groups is 1. The zero-order valence-electron chi connectivity index (χ0n) is 15.8. The molecule has 0 aromatic carbocycles. The van der Waals surface area contributed by atoms with Gasteiger partial charge in [-0.2, -0.15) is 0 Å². The standard InChI is InChI=1S/C16H28O12S/c1-5(14(23)24)29-4-7-8(18)9(19)11(21)16(27-7)28-13-6(3-17)26-15(25-2)12(22)10(13)20/h5-13,15-22H,3-4H2,1-2H3,(H,23,24)/t5?,6-,7-,8+,9+,10-,11-,12-,13-,15-,16+/m1/s1. The maximum atomic E-state index is 10.9. The van der Waals surface area contributed by atoms with E-state index in [0.717, 1.165) is 11.8 Å².